The van der Waals surface area contributed by atoms with E-state index in [0.717, 1.165) is 21.6 Å². The van der Waals surface area contributed by atoms with E-state index in [1.165, 1.54) is 0 Å². The van der Waals surface area contributed by atoms with Gasteiger partial charge in [0.15, 0.2) is 5.69 Å². The molecule has 0 saturated heterocycles. The second-order valence-electron chi connectivity index (χ2n) is 7.25. The van der Waals surface area contributed by atoms with Crippen molar-refractivity contribution in [2.45, 2.75) is 19.7 Å². The van der Waals surface area contributed by atoms with Gasteiger partial charge in [-0.2, -0.15) is 5.10 Å². The van der Waals surface area contributed by atoms with Crippen LogP contribution in [0.1, 0.15) is 21.6 Å². The zero-order valence-corrected chi connectivity index (χ0v) is 17.4. The van der Waals surface area contributed by atoms with Crippen LogP contribution in [-0.4, -0.2) is 27.4 Å². The summed E-state index contributed by atoms with van der Waals surface area (Å²) in [6, 6.07) is 24.2. The maximum absolute atomic E-state index is 12.8. The molecule has 0 fully saturated rings. The SMILES string of the molecule is O=C(NCc1ccc(OCc2ccccc2)cc1)c1nn(CCO)c(=O)c2ccccc12. The minimum atomic E-state index is -0.391. The maximum atomic E-state index is 12.8. The van der Waals surface area contributed by atoms with Gasteiger partial charge >= 0.3 is 0 Å². The molecular weight excluding hydrogens is 406 g/mol. The van der Waals surface area contributed by atoms with Crippen molar-refractivity contribution in [2.24, 2.45) is 0 Å². The van der Waals surface area contributed by atoms with Crippen molar-refractivity contribution in [3.8, 4) is 5.75 Å². The Labute approximate surface area is 184 Å². The van der Waals surface area contributed by atoms with Crippen molar-refractivity contribution in [1.82, 2.24) is 15.1 Å². The van der Waals surface area contributed by atoms with Gasteiger partial charge in [0, 0.05) is 11.9 Å². The van der Waals surface area contributed by atoms with Gasteiger partial charge in [0.05, 0.1) is 18.5 Å². The molecule has 0 saturated carbocycles. The van der Waals surface area contributed by atoms with Crippen molar-refractivity contribution in [3.05, 3.63) is 106 Å². The van der Waals surface area contributed by atoms with Gasteiger partial charge in [-0.1, -0.05) is 60.7 Å². The molecule has 2 N–H and O–H groups in total. The molecule has 0 aliphatic carbocycles. The van der Waals surface area contributed by atoms with Crippen molar-refractivity contribution < 1.29 is 14.6 Å². The predicted molar refractivity (Wildman–Crippen MR) is 121 cm³/mol. The first kappa shape index (κ1) is 21.3. The lowest BCUT2D eigenvalue weighted by molar-refractivity contribution is 0.0944. The minimum Gasteiger partial charge on any atom is -0.489 e. The van der Waals surface area contributed by atoms with Crippen molar-refractivity contribution >= 4 is 16.7 Å². The standard InChI is InChI=1S/C25H23N3O4/c29-15-14-28-25(31)22-9-5-4-8-21(22)23(27-28)24(30)26-16-18-10-12-20(13-11-18)32-17-19-6-2-1-3-7-19/h1-13,29H,14-17H2,(H,26,30). The third-order valence-electron chi connectivity index (χ3n) is 5.02. The Morgan fingerprint density at radius 1 is 0.906 bits per heavy atom. The molecule has 0 radical (unpaired) electrons. The van der Waals surface area contributed by atoms with E-state index in [4.69, 9.17) is 4.74 Å². The third kappa shape index (κ3) is 4.84. The molecule has 0 unspecified atom stereocenters. The minimum absolute atomic E-state index is 0.0222. The molecular formula is C25H23N3O4. The molecule has 0 bridgehead atoms. The molecule has 4 aromatic rings. The van der Waals surface area contributed by atoms with Gasteiger partial charge in [0.1, 0.15) is 12.4 Å². The number of rotatable bonds is 8. The number of aromatic nitrogens is 2. The molecule has 0 aliphatic rings. The second kappa shape index (κ2) is 9.89. The first-order valence-electron chi connectivity index (χ1n) is 10.3. The van der Waals surface area contributed by atoms with E-state index in [-0.39, 0.29) is 24.4 Å². The highest BCUT2D eigenvalue weighted by Crippen LogP contribution is 2.16. The normalized spacial score (nSPS) is 10.8. The van der Waals surface area contributed by atoms with Crippen LogP contribution in [0.25, 0.3) is 10.8 Å². The van der Waals surface area contributed by atoms with E-state index < -0.39 is 5.91 Å². The average molecular weight is 429 g/mol. The Kier molecular flexibility index (Phi) is 6.57. The maximum Gasteiger partial charge on any atom is 0.274 e. The van der Waals surface area contributed by atoms with Crippen molar-refractivity contribution in [3.63, 3.8) is 0 Å². The van der Waals surface area contributed by atoms with Gasteiger partial charge < -0.3 is 15.2 Å². The molecule has 32 heavy (non-hydrogen) atoms. The highest BCUT2D eigenvalue weighted by atomic mass is 16.5. The fourth-order valence-corrected chi connectivity index (χ4v) is 3.36. The predicted octanol–water partition coefficient (Wildman–Crippen LogP) is 2.90. The Morgan fingerprint density at radius 3 is 2.31 bits per heavy atom. The zero-order chi connectivity index (χ0) is 22.3. The number of nitrogens with one attached hydrogen (secondary N) is 1. The quantitative estimate of drug-likeness (QED) is 0.449. The van der Waals surface area contributed by atoms with Crippen LogP contribution in [0.3, 0.4) is 0 Å². The molecule has 3 aromatic carbocycles. The number of fused-ring (bicyclic) bond motifs is 1. The Balaban J connectivity index is 1.44. The van der Waals surface area contributed by atoms with Crippen LogP contribution >= 0.6 is 0 Å². The summed E-state index contributed by atoms with van der Waals surface area (Å²) in [5, 5.41) is 17.1. The number of ether oxygens (including phenoxy) is 1. The van der Waals surface area contributed by atoms with Gasteiger partial charge in [0.25, 0.3) is 11.5 Å². The summed E-state index contributed by atoms with van der Waals surface area (Å²) in [4.78, 5) is 25.3. The number of aliphatic hydroxyl groups excluding tert-OH is 1. The van der Waals surface area contributed by atoms with Gasteiger partial charge in [-0.25, -0.2) is 4.68 Å². The van der Waals surface area contributed by atoms with Crippen LogP contribution in [0.2, 0.25) is 0 Å². The molecule has 1 aromatic heterocycles. The monoisotopic (exact) mass is 429 g/mol. The van der Waals surface area contributed by atoms with Gasteiger partial charge in [-0.05, 0) is 29.3 Å². The molecule has 162 valence electrons. The van der Waals surface area contributed by atoms with Gasteiger partial charge in [-0.3, -0.25) is 9.59 Å². The summed E-state index contributed by atoms with van der Waals surface area (Å²) in [6.07, 6.45) is 0. The average Bonchev–Trinajstić information content (AvgIpc) is 2.84. The zero-order valence-electron chi connectivity index (χ0n) is 17.4. The first-order valence-corrected chi connectivity index (χ1v) is 10.3. The largest absolute Gasteiger partial charge is 0.489 e. The fraction of sp³-hybridized carbons (Fsp3) is 0.160. The number of aliphatic hydroxyl groups is 1. The van der Waals surface area contributed by atoms with Gasteiger partial charge in [0.2, 0.25) is 0 Å². The number of carbonyl (C=O) groups is 1. The van der Waals surface area contributed by atoms with Crippen LogP contribution in [0.4, 0.5) is 0 Å². The van der Waals surface area contributed by atoms with Crippen LogP contribution in [0, 0.1) is 0 Å². The second-order valence-corrected chi connectivity index (χ2v) is 7.25. The summed E-state index contributed by atoms with van der Waals surface area (Å²) >= 11 is 0. The van der Waals surface area contributed by atoms with E-state index in [9.17, 15) is 14.7 Å². The molecule has 4 rings (SSSR count). The molecule has 0 aliphatic heterocycles. The van der Waals surface area contributed by atoms with E-state index >= 15 is 0 Å². The van der Waals surface area contributed by atoms with E-state index in [0.29, 0.717) is 23.9 Å². The Hall–Kier alpha value is -3.97. The molecule has 1 amide bonds. The summed E-state index contributed by atoms with van der Waals surface area (Å²) < 4.78 is 6.91. The van der Waals surface area contributed by atoms with E-state index in [1.807, 2.05) is 54.6 Å². The number of amides is 1. The summed E-state index contributed by atoms with van der Waals surface area (Å²) in [5.74, 6) is 0.352. The number of benzene rings is 3. The fourth-order valence-electron chi connectivity index (χ4n) is 3.36. The van der Waals surface area contributed by atoms with Crippen molar-refractivity contribution in [2.75, 3.05) is 6.61 Å². The third-order valence-corrected chi connectivity index (χ3v) is 5.02. The molecule has 1 heterocycles. The van der Waals surface area contributed by atoms with Crippen LogP contribution in [-0.2, 0) is 19.7 Å². The number of nitrogens with zero attached hydrogens (tertiary/aromatic N) is 2. The molecule has 7 heteroatoms. The number of hydrogen-bond donors (Lipinski definition) is 2. The highest BCUT2D eigenvalue weighted by Gasteiger charge is 2.16. The smallest absolute Gasteiger partial charge is 0.274 e. The van der Waals surface area contributed by atoms with Crippen LogP contribution in [0.5, 0.6) is 5.75 Å². The van der Waals surface area contributed by atoms with E-state index in [1.54, 1.807) is 24.3 Å². The molecule has 0 atom stereocenters. The summed E-state index contributed by atoms with van der Waals surface area (Å²) in [7, 11) is 0. The lowest BCUT2D eigenvalue weighted by Gasteiger charge is -2.11. The first-order chi connectivity index (χ1) is 15.7. The van der Waals surface area contributed by atoms with E-state index in [2.05, 4.69) is 10.4 Å². The lowest BCUT2D eigenvalue weighted by atomic mass is 10.1. The summed E-state index contributed by atoms with van der Waals surface area (Å²) in [5.41, 5.74) is 1.80. The Bertz CT molecular complexity index is 1270. The van der Waals surface area contributed by atoms with Crippen LogP contribution in [0.15, 0.2) is 83.7 Å². The molecule has 7 nitrogen and oxygen atoms in total. The Morgan fingerprint density at radius 2 is 1.59 bits per heavy atom. The number of carbonyl (C=O) groups excluding carboxylic acids is 1. The molecule has 0 spiro atoms. The topological polar surface area (TPSA) is 93.4 Å². The van der Waals surface area contributed by atoms with Crippen LogP contribution < -0.4 is 15.6 Å². The number of hydrogen-bond acceptors (Lipinski definition) is 5. The van der Waals surface area contributed by atoms with Gasteiger partial charge in [-0.15, -0.1) is 0 Å². The van der Waals surface area contributed by atoms with Crippen molar-refractivity contribution in [1.29, 1.82) is 0 Å². The lowest BCUT2D eigenvalue weighted by Crippen LogP contribution is -2.31. The summed E-state index contributed by atoms with van der Waals surface area (Å²) in [6.45, 7) is 0.561. The highest BCUT2D eigenvalue weighted by molar-refractivity contribution is 6.04.